The van der Waals surface area contributed by atoms with Gasteiger partial charge in [0.15, 0.2) is 0 Å². The second-order valence-electron chi connectivity index (χ2n) is 4.69. The van der Waals surface area contributed by atoms with Crippen molar-refractivity contribution < 1.29 is 14.0 Å². The van der Waals surface area contributed by atoms with Crippen molar-refractivity contribution in [2.45, 2.75) is 19.0 Å². The Morgan fingerprint density at radius 2 is 2.30 bits per heavy atom. The molecule has 1 aromatic rings. The third-order valence-electron chi connectivity index (χ3n) is 3.24. The number of hydrogen-bond acceptors (Lipinski definition) is 3. The van der Waals surface area contributed by atoms with Gasteiger partial charge in [-0.2, -0.15) is 0 Å². The molecule has 3 N–H and O–H groups in total. The Hall–Kier alpha value is -1.66. The molecule has 1 heterocycles. The SMILES string of the molecule is NC(=O)C1CC(=O)NCCN1Cc1ccc(F)c(Cl)c1. The average Bonchev–Trinajstić information content (AvgIpc) is 2.56. The van der Waals surface area contributed by atoms with Crippen LogP contribution in [0, 0.1) is 5.82 Å². The van der Waals surface area contributed by atoms with Crippen molar-refractivity contribution in [1.29, 1.82) is 0 Å². The molecule has 7 heteroatoms. The van der Waals surface area contributed by atoms with Crippen molar-refractivity contribution in [3.8, 4) is 0 Å². The standard InChI is InChI=1S/C13H15ClFN3O2/c14-9-5-8(1-2-10(9)15)7-18-4-3-17-12(19)6-11(18)13(16)20/h1-2,5,11H,3-4,6-7H2,(H2,16,20)(H,17,19). The van der Waals surface area contributed by atoms with Gasteiger partial charge < -0.3 is 11.1 Å². The van der Waals surface area contributed by atoms with Crippen LogP contribution in [0.4, 0.5) is 4.39 Å². The molecule has 1 atom stereocenters. The van der Waals surface area contributed by atoms with E-state index in [2.05, 4.69) is 5.32 Å². The molecule has 1 unspecified atom stereocenters. The molecule has 1 aliphatic rings. The predicted molar refractivity (Wildman–Crippen MR) is 72.4 cm³/mol. The second kappa shape index (κ2) is 6.19. The number of carbonyl (C=O) groups excluding carboxylic acids is 2. The highest BCUT2D eigenvalue weighted by Crippen LogP contribution is 2.19. The van der Waals surface area contributed by atoms with Crippen LogP contribution in [0.2, 0.25) is 5.02 Å². The number of carbonyl (C=O) groups is 2. The Balaban J connectivity index is 2.17. The van der Waals surface area contributed by atoms with Crippen LogP contribution in [-0.2, 0) is 16.1 Å². The van der Waals surface area contributed by atoms with Crippen molar-refractivity contribution in [3.05, 3.63) is 34.6 Å². The van der Waals surface area contributed by atoms with Crippen LogP contribution in [0.5, 0.6) is 0 Å². The van der Waals surface area contributed by atoms with Crippen LogP contribution < -0.4 is 11.1 Å². The first kappa shape index (κ1) is 14.7. The van der Waals surface area contributed by atoms with Crippen molar-refractivity contribution in [2.24, 2.45) is 5.73 Å². The van der Waals surface area contributed by atoms with Crippen molar-refractivity contribution in [2.75, 3.05) is 13.1 Å². The number of halogens is 2. The van der Waals surface area contributed by atoms with Crippen LogP contribution in [-0.4, -0.2) is 35.8 Å². The third kappa shape index (κ3) is 3.46. The van der Waals surface area contributed by atoms with Gasteiger partial charge in [-0.05, 0) is 17.7 Å². The molecule has 2 rings (SSSR count). The zero-order valence-electron chi connectivity index (χ0n) is 10.7. The van der Waals surface area contributed by atoms with E-state index in [1.165, 1.54) is 12.1 Å². The van der Waals surface area contributed by atoms with Gasteiger partial charge in [0, 0.05) is 19.6 Å². The first-order chi connectivity index (χ1) is 9.47. The molecule has 0 aliphatic carbocycles. The van der Waals surface area contributed by atoms with Crippen LogP contribution >= 0.6 is 11.6 Å². The Labute approximate surface area is 120 Å². The highest BCUT2D eigenvalue weighted by Gasteiger charge is 2.29. The summed E-state index contributed by atoms with van der Waals surface area (Å²) in [6.45, 7) is 1.31. The van der Waals surface area contributed by atoms with E-state index < -0.39 is 17.8 Å². The van der Waals surface area contributed by atoms with Crippen molar-refractivity contribution in [3.63, 3.8) is 0 Å². The molecule has 1 aliphatic heterocycles. The number of hydrogen-bond donors (Lipinski definition) is 2. The fraction of sp³-hybridized carbons (Fsp3) is 0.385. The van der Waals surface area contributed by atoms with Gasteiger partial charge in [0.25, 0.3) is 0 Å². The zero-order valence-corrected chi connectivity index (χ0v) is 11.5. The first-order valence-corrected chi connectivity index (χ1v) is 6.59. The van der Waals surface area contributed by atoms with E-state index in [4.69, 9.17) is 17.3 Å². The maximum absolute atomic E-state index is 13.1. The van der Waals surface area contributed by atoms with E-state index in [-0.39, 0.29) is 17.4 Å². The van der Waals surface area contributed by atoms with Crippen molar-refractivity contribution in [1.82, 2.24) is 10.2 Å². The number of nitrogens with zero attached hydrogens (tertiary/aromatic N) is 1. The van der Waals surface area contributed by atoms with Crippen molar-refractivity contribution >= 4 is 23.4 Å². The quantitative estimate of drug-likeness (QED) is 0.861. The molecule has 5 nitrogen and oxygen atoms in total. The lowest BCUT2D eigenvalue weighted by Crippen LogP contribution is -2.45. The fourth-order valence-corrected chi connectivity index (χ4v) is 2.42. The molecule has 108 valence electrons. The summed E-state index contributed by atoms with van der Waals surface area (Å²) in [4.78, 5) is 24.8. The number of nitrogens with two attached hydrogens (primary N) is 1. The molecule has 1 aromatic carbocycles. The third-order valence-corrected chi connectivity index (χ3v) is 3.53. The van der Waals surface area contributed by atoms with E-state index in [1.54, 1.807) is 11.0 Å². The van der Waals surface area contributed by atoms with E-state index in [9.17, 15) is 14.0 Å². The van der Waals surface area contributed by atoms with E-state index in [0.717, 1.165) is 5.56 Å². The minimum Gasteiger partial charge on any atom is -0.368 e. The number of rotatable bonds is 3. The minimum absolute atomic E-state index is 0.0298. The Bertz CT molecular complexity index is 538. The normalized spacial score (nSPS) is 20.3. The molecule has 1 saturated heterocycles. The summed E-state index contributed by atoms with van der Waals surface area (Å²) in [7, 11) is 0. The minimum atomic E-state index is -0.665. The fourth-order valence-electron chi connectivity index (χ4n) is 2.21. The average molecular weight is 300 g/mol. The maximum Gasteiger partial charge on any atom is 0.235 e. The van der Waals surface area contributed by atoms with Gasteiger partial charge in [-0.15, -0.1) is 0 Å². The predicted octanol–water partition coefficient (Wildman–Crippen LogP) is 0.655. The summed E-state index contributed by atoms with van der Waals surface area (Å²) in [5, 5.41) is 2.72. The summed E-state index contributed by atoms with van der Waals surface area (Å²) < 4.78 is 13.1. The second-order valence-corrected chi connectivity index (χ2v) is 5.10. The maximum atomic E-state index is 13.1. The van der Waals surface area contributed by atoms with Crippen LogP contribution in [0.1, 0.15) is 12.0 Å². The lowest BCUT2D eigenvalue weighted by molar-refractivity contribution is -0.128. The highest BCUT2D eigenvalue weighted by atomic mass is 35.5. The summed E-state index contributed by atoms with van der Waals surface area (Å²) >= 11 is 5.73. The summed E-state index contributed by atoms with van der Waals surface area (Å²) in [6, 6.07) is 3.72. The Morgan fingerprint density at radius 3 is 2.95 bits per heavy atom. The molecule has 0 radical (unpaired) electrons. The molecule has 0 saturated carbocycles. The van der Waals surface area contributed by atoms with Gasteiger partial charge in [-0.3, -0.25) is 14.5 Å². The van der Waals surface area contributed by atoms with Crippen LogP contribution in [0.15, 0.2) is 18.2 Å². The number of primary amides is 1. The smallest absolute Gasteiger partial charge is 0.235 e. The van der Waals surface area contributed by atoms with E-state index in [0.29, 0.717) is 19.6 Å². The lowest BCUT2D eigenvalue weighted by Gasteiger charge is -2.26. The van der Waals surface area contributed by atoms with Crippen LogP contribution in [0.25, 0.3) is 0 Å². The topological polar surface area (TPSA) is 75.4 Å². The zero-order chi connectivity index (χ0) is 14.7. The molecule has 1 fully saturated rings. The molecule has 0 aromatic heterocycles. The van der Waals surface area contributed by atoms with E-state index >= 15 is 0 Å². The molecule has 20 heavy (non-hydrogen) atoms. The Kier molecular flexibility index (Phi) is 4.57. The van der Waals surface area contributed by atoms with Gasteiger partial charge >= 0.3 is 0 Å². The molecule has 0 bridgehead atoms. The van der Waals surface area contributed by atoms with Gasteiger partial charge in [0.05, 0.1) is 17.5 Å². The molecule has 0 spiro atoms. The lowest BCUT2D eigenvalue weighted by atomic mass is 10.1. The summed E-state index contributed by atoms with van der Waals surface area (Å²) in [6.07, 6.45) is 0.0320. The monoisotopic (exact) mass is 299 g/mol. The van der Waals surface area contributed by atoms with E-state index in [1.807, 2.05) is 0 Å². The van der Waals surface area contributed by atoms with Gasteiger partial charge in [0.1, 0.15) is 5.82 Å². The number of amides is 2. The molecule has 2 amide bonds. The number of benzene rings is 1. The summed E-state index contributed by atoms with van der Waals surface area (Å²) in [5.41, 5.74) is 6.11. The molecular formula is C13H15ClFN3O2. The first-order valence-electron chi connectivity index (χ1n) is 6.21. The van der Waals surface area contributed by atoms with Gasteiger partial charge in [0.2, 0.25) is 11.8 Å². The summed E-state index contributed by atoms with van der Waals surface area (Å²) in [5.74, 6) is -1.24. The van der Waals surface area contributed by atoms with Gasteiger partial charge in [-0.1, -0.05) is 17.7 Å². The van der Waals surface area contributed by atoms with Crippen LogP contribution in [0.3, 0.4) is 0 Å². The molecular weight excluding hydrogens is 285 g/mol. The Morgan fingerprint density at radius 1 is 1.55 bits per heavy atom. The number of nitrogens with one attached hydrogen (secondary N) is 1. The highest BCUT2D eigenvalue weighted by molar-refractivity contribution is 6.30. The largest absolute Gasteiger partial charge is 0.368 e. The van der Waals surface area contributed by atoms with Gasteiger partial charge in [-0.25, -0.2) is 4.39 Å².